The highest BCUT2D eigenvalue weighted by Crippen LogP contribution is 2.26. The van der Waals surface area contributed by atoms with Crippen LogP contribution in [0.4, 0.5) is 10.1 Å². The highest BCUT2D eigenvalue weighted by Gasteiger charge is 2.24. The fourth-order valence-corrected chi connectivity index (χ4v) is 1.91. The van der Waals surface area contributed by atoms with E-state index in [0.717, 1.165) is 24.1 Å². The van der Waals surface area contributed by atoms with Crippen LogP contribution < -0.4 is 5.32 Å². The Morgan fingerprint density at radius 2 is 1.88 bits per heavy atom. The Labute approximate surface area is 103 Å². The molecule has 0 aliphatic rings. The first kappa shape index (κ1) is 14.0. The van der Waals surface area contributed by atoms with Crippen molar-refractivity contribution in [2.45, 2.75) is 33.6 Å². The van der Waals surface area contributed by atoms with E-state index in [4.69, 9.17) is 0 Å². The number of halogens is 1. The molecule has 1 aromatic carbocycles. The summed E-state index contributed by atoms with van der Waals surface area (Å²) in [6, 6.07) is 4.90. The van der Waals surface area contributed by atoms with Gasteiger partial charge in [-0.2, -0.15) is 0 Å². The lowest BCUT2D eigenvalue weighted by atomic mass is 9.83. The molecule has 0 amide bonds. The number of anilines is 1. The van der Waals surface area contributed by atoms with Gasteiger partial charge in [0, 0.05) is 17.6 Å². The second kappa shape index (κ2) is 6.01. The summed E-state index contributed by atoms with van der Waals surface area (Å²) in [5.74, 6) is -0.227. The Bertz CT molecular complexity index is 333. The van der Waals surface area contributed by atoms with Crippen LogP contribution in [0.3, 0.4) is 0 Å². The van der Waals surface area contributed by atoms with Gasteiger partial charge in [-0.25, -0.2) is 4.39 Å². The summed E-state index contributed by atoms with van der Waals surface area (Å²) in [7, 11) is 0. The molecule has 96 valence electrons. The highest BCUT2D eigenvalue weighted by atomic mass is 19.1. The first-order valence-electron chi connectivity index (χ1n) is 6.17. The van der Waals surface area contributed by atoms with E-state index in [1.165, 1.54) is 12.1 Å². The molecule has 1 rings (SSSR count). The van der Waals surface area contributed by atoms with E-state index in [-0.39, 0.29) is 17.8 Å². The molecule has 3 heteroatoms. The first-order valence-corrected chi connectivity index (χ1v) is 6.17. The molecule has 0 unspecified atom stereocenters. The molecule has 1 aromatic rings. The van der Waals surface area contributed by atoms with Crippen molar-refractivity contribution in [3.8, 4) is 0 Å². The lowest BCUT2D eigenvalue weighted by molar-refractivity contribution is 0.127. The molecule has 0 fully saturated rings. The van der Waals surface area contributed by atoms with Crippen molar-refractivity contribution in [1.82, 2.24) is 0 Å². The molecule has 0 atom stereocenters. The highest BCUT2D eigenvalue weighted by molar-refractivity contribution is 5.46. The van der Waals surface area contributed by atoms with Crippen molar-refractivity contribution in [3.05, 3.63) is 29.6 Å². The fourth-order valence-electron chi connectivity index (χ4n) is 1.91. The molecule has 0 aromatic heterocycles. The lowest BCUT2D eigenvalue weighted by Gasteiger charge is -2.30. The number of nitrogens with one attached hydrogen (secondary N) is 1. The second-order valence-corrected chi connectivity index (χ2v) is 4.74. The van der Waals surface area contributed by atoms with Crippen molar-refractivity contribution in [1.29, 1.82) is 0 Å². The van der Waals surface area contributed by atoms with Crippen LogP contribution >= 0.6 is 0 Å². The van der Waals surface area contributed by atoms with Crippen LogP contribution in [-0.4, -0.2) is 18.3 Å². The molecule has 0 aliphatic carbocycles. The summed E-state index contributed by atoms with van der Waals surface area (Å²) in [5.41, 5.74) is 1.57. The van der Waals surface area contributed by atoms with Crippen molar-refractivity contribution >= 4 is 5.69 Å². The van der Waals surface area contributed by atoms with E-state index < -0.39 is 0 Å². The van der Waals surface area contributed by atoms with Crippen molar-refractivity contribution in [3.63, 3.8) is 0 Å². The zero-order valence-corrected chi connectivity index (χ0v) is 10.9. The molecule has 2 nitrogen and oxygen atoms in total. The second-order valence-electron chi connectivity index (χ2n) is 4.74. The van der Waals surface area contributed by atoms with Gasteiger partial charge in [0.25, 0.3) is 0 Å². The van der Waals surface area contributed by atoms with Gasteiger partial charge in [0.15, 0.2) is 0 Å². The zero-order chi connectivity index (χ0) is 12.9. The molecule has 17 heavy (non-hydrogen) atoms. The standard InChI is InChI=1S/C14H22FNO/c1-4-14(5-2,10-17)9-16-13-7-11(3)6-12(15)8-13/h6-8,16-17H,4-5,9-10H2,1-3H3. The Morgan fingerprint density at radius 3 is 2.35 bits per heavy atom. The van der Waals surface area contributed by atoms with Gasteiger partial charge in [-0.1, -0.05) is 13.8 Å². The van der Waals surface area contributed by atoms with Crippen LogP contribution in [0.5, 0.6) is 0 Å². The van der Waals surface area contributed by atoms with Crippen molar-refractivity contribution in [2.24, 2.45) is 5.41 Å². The van der Waals surface area contributed by atoms with Gasteiger partial charge in [0.05, 0.1) is 6.61 Å². The van der Waals surface area contributed by atoms with E-state index in [2.05, 4.69) is 19.2 Å². The van der Waals surface area contributed by atoms with E-state index in [9.17, 15) is 9.50 Å². The summed E-state index contributed by atoms with van der Waals surface area (Å²) in [4.78, 5) is 0. The van der Waals surface area contributed by atoms with Gasteiger partial charge >= 0.3 is 0 Å². The number of aryl methyl sites for hydroxylation is 1. The number of aliphatic hydroxyl groups excluding tert-OH is 1. The third kappa shape index (κ3) is 3.70. The topological polar surface area (TPSA) is 32.3 Å². The molecular formula is C14H22FNO. The molecule has 0 radical (unpaired) electrons. The predicted octanol–water partition coefficient (Wildman–Crippen LogP) is 3.34. The summed E-state index contributed by atoms with van der Waals surface area (Å²) >= 11 is 0. The first-order chi connectivity index (χ1) is 8.05. The molecule has 0 aliphatic heterocycles. The van der Waals surface area contributed by atoms with Crippen LogP contribution in [0.15, 0.2) is 18.2 Å². The average molecular weight is 239 g/mol. The van der Waals surface area contributed by atoms with Crippen LogP contribution in [-0.2, 0) is 0 Å². The SMILES string of the molecule is CCC(CC)(CO)CNc1cc(C)cc(F)c1. The minimum Gasteiger partial charge on any atom is -0.396 e. The maximum atomic E-state index is 13.2. The molecule has 0 bridgehead atoms. The van der Waals surface area contributed by atoms with Gasteiger partial charge in [-0.15, -0.1) is 0 Å². The Morgan fingerprint density at radius 1 is 1.24 bits per heavy atom. The lowest BCUT2D eigenvalue weighted by Crippen LogP contribution is -2.32. The van der Waals surface area contributed by atoms with Crippen LogP contribution in [0.1, 0.15) is 32.3 Å². The maximum Gasteiger partial charge on any atom is 0.125 e. The van der Waals surface area contributed by atoms with E-state index >= 15 is 0 Å². The fraction of sp³-hybridized carbons (Fsp3) is 0.571. The van der Waals surface area contributed by atoms with Gasteiger partial charge in [0.2, 0.25) is 0 Å². The van der Waals surface area contributed by atoms with E-state index in [0.29, 0.717) is 6.54 Å². The Hall–Kier alpha value is -1.09. The molecule has 2 N–H and O–H groups in total. The van der Waals surface area contributed by atoms with Crippen molar-refractivity contribution < 1.29 is 9.50 Å². The average Bonchev–Trinajstić information content (AvgIpc) is 2.30. The maximum absolute atomic E-state index is 13.2. The summed E-state index contributed by atoms with van der Waals surface area (Å²) in [6.07, 6.45) is 1.81. The van der Waals surface area contributed by atoms with E-state index in [1.54, 1.807) is 0 Å². The number of rotatable bonds is 6. The largest absolute Gasteiger partial charge is 0.396 e. The molecule has 0 spiro atoms. The molecule has 0 saturated carbocycles. The molecule has 0 heterocycles. The van der Waals surface area contributed by atoms with Crippen LogP contribution in [0.2, 0.25) is 0 Å². The molecular weight excluding hydrogens is 217 g/mol. The van der Waals surface area contributed by atoms with Crippen LogP contribution in [0.25, 0.3) is 0 Å². The van der Waals surface area contributed by atoms with Crippen LogP contribution in [0, 0.1) is 18.2 Å². The third-order valence-electron chi connectivity index (χ3n) is 3.55. The number of benzene rings is 1. The van der Waals surface area contributed by atoms with Gasteiger partial charge in [-0.3, -0.25) is 0 Å². The minimum atomic E-state index is -0.227. The monoisotopic (exact) mass is 239 g/mol. The zero-order valence-electron chi connectivity index (χ0n) is 10.9. The summed E-state index contributed by atoms with van der Waals surface area (Å²) < 4.78 is 13.2. The number of hydrogen-bond acceptors (Lipinski definition) is 2. The van der Waals surface area contributed by atoms with Gasteiger partial charge < -0.3 is 10.4 Å². The Balaban J connectivity index is 2.71. The quantitative estimate of drug-likeness (QED) is 0.798. The number of aliphatic hydroxyl groups is 1. The van der Waals surface area contributed by atoms with Gasteiger partial charge in [0.1, 0.15) is 5.82 Å². The van der Waals surface area contributed by atoms with Gasteiger partial charge in [-0.05, 0) is 43.5 Å². The summed E-state index contributed by atoms with van der Waals surface area (Å²) in [6.45, 7) is 6.82. The normalized spacial score (nSPS) is 11.6. The predicted molar refractivity (Wildman–Crippen MR) is 69.7 cm³/mol. The summed E-state index contributed by atoms with van der Waals surface area (Å²) in [5, 5.41) is 12.7. The minimum absolute atomic E-state index is 0.111. The van der Waals surface area contributed by atoms with E-state index in [1.807, 2.05) is 13.0 Å². The smallest absolute Gasteiger partial charge is 0.125 e. The molecule has 0 saturated heterocycles. The Kier molecular flexibility index (Phi) is 4.94. The number of hydrogen-bond donors (Lipinski definition) is 2. The van der Waals surface area contributed by atoms with Crippen molar-refractivity contribution in [2.75, 3.05) is 18.5 Å². The third-order valence-corrected chi connectivity index (χ3v) is 3.55.